The minimum Gasteiger partial charge on any atom is -0.339 e. The Bertz CT molecular complexity index is 270. The van der Waals surface area contributed by atoms with Crippen LogP contribution in [0.5, 0.6) is 0 Å². The average Bonchev–Trinajstić information content (AvgIpc) is 2.76. The van der Waals surface area contributed by atoms with Gasteiger partial charge in [0.2, 0.25) is 5.91 Å². The topological polar surface area (TPSA) is 46.3 Å². The summed E-state index contributed by atoms with van der Waals surface area (Å²) in [5, 5.41) is 0. The van der Waals surface area contributed by atoms with Gasteiger partial charge in [-0.25, -0.2) is 0 Å². The lowest BCUT2D eigenvalue weighted by Gasteiger charge is -2.48. The van der Waals surface area contributed by atoms with Crippen molar-refractivity contribution in [1.29, 1.82) is 0 Å². The highest BCUT2D eigenvalue weighted by molar-refractivity contribution is 5.78. The van der Waals surface area contributed by atoms with Crippen LogP contribution in [0.4, 0.5) is 0 Å². The Balaban J connectivity index is 1.81. The lowest BCUT2D eigenvalue weighted by molar-refractivity contribution is -0.141. The molecule has 15 heavy (non-hydrogen) atoms. The van der Waals surface area contributed by atoms with Crippen LogP contribution in [0.3, 0.4) is 0 Å². The standard InChI is InChI=1S/C12H22N2O/c1-11(2,3)6-10(15)14-7-12(13,8-14)9-4-5-9/h9H,4-8,13H2,1-3H3. The summed E-state index contributed by atoms with van der Waals surface area (Å²) in [5.74, 6) is 0.959. The number of likely N-dealkylation sites (tertiary alicyclic amines) is 1. The summed E-state index contributed by atoms with van der Waals surface area (Å²) in [4.78, 5) is 13.8. The van der Waals surface area contributed by atoms with Crippen LogP contribution in [-0.2, 0) is 4.79 Å². The first kappa shape index (κ1) is 10.9. The van der Waals surface area contributed by atoms with Crippen LogP contribution in [0.15, 0.2) is 0 Å². The summed E-state index contributed by atoms with van der Waals surface area (Å²) >= 11 is 0. The van der Waals surface area contributed by atoms with E-state index in [0.29, 0.717) is 12.3 Å². The first-order valence-corrected chi connectivity index (χ1v) is 5.87. The van der Waals surface area contributed by atoms with Crippen molar-refractivity contribution in [3.05, 3.63) is 0 Å². The molecule has 1 aliphatic carbocycles. The quantitative estimate of drug-likeness (QED) is 0.748. The molecular weight excluding hydrogens is 188 g/mol. The SMILES string of the molecule is CC(C)(C)CC(=O)N1CC(N)(C2CC2)C1. The molecule has 3 heteroatoms. The van der Waals surface area contributed by atoms with Crippen molar-refractivity contribution in [3.63, 3.8) is 0 Å². The minimum absolute atomic E-state index is 0.0342. The van der Waals surface area contributed by atoms with Crippen molar-refractivity contribution < 1.29 is 4.79 Å². The fourth-order valence-corrected chi connectivity index (χ4v) is 2.32. The summed E-state index contributed by atoms with van der Waals surface area (Å²) in [5.41, 5.74) is 6.26. The molecule has 0 spiro atoms. The van der Waals surface area contributed by atoms with E-state index in [2.05, 4.69) is 20.8 Å². The molecular formula is C12H22N2O. The van der Waals surface area contributed by atoms with Gasteiger partial charge in [-0.15, -0.1) is 0 Å². The van der Waals surface area contributed by atoms with Crippen molar-refractivity contribution >= 4 is 5.91 Å². The van der Waals surface area contributed by atoms with Gasteiger partial charge in [0.05, 0.1) is 5.54 Å². The van der Waals surface area contributed by atoms with Gasteiger partial charge in [0.25, 0.3) is 0 Å². The zero-order valence-corrected chi connectivity index (χ0v) is 10.0. The number of amides is 1. The summed E-state index contributed by atoms with van der Waals surface area (Å²) in [6.07, 6.45) is 3.16. The molecule has 3 nitrogen and oxygen atoms in total. The molecule has 1 heterocycles. The van der Waals surface area contributed by atoms with E-state index < -0.39 is 0 Å². The van der Waals surface area contributed by atoms with Crippen LogP contribution in [0.25, 0.3) is 0 Å². The van der Waals surface area contributed by atoms with Crippen molar-refractivity contribution in [2.45, 2.75) is 45.6 Å². The minimum atomic E-state index is -0.0342. The molecule has 1 saturated heterocycles. The number of carbonyl (C=O) groups is 1. The van der Waals surface area contributed by atoms with Crippen LogP contribution in [0, 0.1) is 11.3 Å². The number of carbonyl (C=O) groups excluding carboxylic acids is 1. The Labute approximate surface area is 92.0 Å². The van der Waals surface area contributed by atoms with Crippen molar-refractivity contribution in [2.24, 2.45) is 17.1 Å². The molecule has 0 aromatic rings. The summed E-state index contributed by atoms with van der Waals surface area (Å²) in [7, 11) is 0. The molecule has 0 bridgehead atoms. The number of hydrogen-bond acceptors (Lipinski definition) is 2. The molecule has 0 aromatic carbocycles. The molecule has 2 rings (SSSR count). The molecule has 1 amide bonds. The monoisotopic (exact) mass is 210 g/mol. The second kappa shape index (κ2) is 3.21. The Morgan fingerprint density at radius 2 is 1.93 bits per heavy atom. The fourth-order valence-electron chi connectivity index (χ4n) is 2.32. The second-order valence-electron chi connectivity index (χ2n) is 6.49. The predicted octanol–water partition coefficient (Wildman–Crippen LogP) is 1.37. The Kier molecular flexibility index (Phi) is 2.34. The van der Waals surface area contributed by atoms with Crippen LogP contribution >= 0.6 is 0 Å². The molecule has 1 aliphatic heterocycles. The van der Waals surface area contributed by atoms with Gasteiger partial charge in [-0.05, 0) is 24.2 Å². The third-order valence-corrected chi connectivity index (χ3v) is 3.40. The highest BCUT2D eigenvalue weighted by atomic mass is 16.2. The number of rotatable bonds is 2. The molecule has 0 atom stereocenters. The Hall–Kier alpha value is -0.570. The van der Waals surface area contributed by atoms with Crippen LogP contribution in [-0.4, -0.2) is 29.4 Å². The molecule has 2 N–H and O–H groups in total. The van der Waals surface area contributed by atoms with E-state index in [1.54, 1.807) is 0 Å². The van der Waals surface area contributed by atoms with Crippen LogP contribution < -0.4 is 5.73 Å². The van der Waals surface area contributed by atoms with Gasteiger partial charge in [0.1, 0.15) is 0 Å². The van der Waals surface area contributed by atoms with Gasteiger partial charge in [0.15, 0.2) is 0 Å². The summed E-state index contributed by atoms with van der Waals surface area (Å²) in [6.45, 7) is 7.86. The fraction of sp³-hybridized carbons (Fsp3) is 0.917. The number of nitrogens with two attached hydrogens (primary N) is 1. The van der Waals surface area contributed by atoms with Gasteiger partial charge < -0.3 is 10.6 Å². The van der Waals surface area contributed by atoms with E-state index in [0.717, 1.165) is 13.1 Å². The first-order valence-electron chi connectivity index (χ1n) is 5.87. The second-order valence-corrected chi connectivity index (χ2v) is 6.49. The van der Waals surface area contributed by atoms with E-state index >= 15 is 0 Å². The first-order chi connectivity index (χ1) is 6.80. The van der Waals surface area contributed by atoms with Gasteiger partial charge in [-0.2, -0.15) is 0 Å². The summed E-state index contributed by atoms with van der Waals surface area (Å²) in [6, 6.07) is 0. The largest absolute Gasteiger partial charge is 0.339 e. The van der Waals surface area contributed by atoms with Gasteiger partial charge in [-0.1, -0.05) is 20.8 Å². The Morgan fingerprint density at radius 3 is 2.33 bits per heavy atom. The molecule has 1 saturated carbocycles. The maximum atomic E-state index is 11.8. The normalized spacial score (nSPS) is 24.9. The van der Waals surface area contributed by atoms with Crippen LogP contribution in [0.1, 0.15) is 40.0 Å². The van der Waals surface area contributed by atoms with E-state index in [1.807, 2.05) is 4.90 Å². The lowest BCUT2D eigenvalue weighted by Crippen LogP contribution is -2.70. The predicted molar refractivity (Wildman–Crippen MR) is 60.3 cm³/mol. The van der Waals surface area contributed by atoms with Crippen molar-refractivity contribution in [3.8, 4) is 0 Å². The molecule has 2 fully saturated rings. The zero-order chi connectivity index (χ0) is 11.3. The third-order valence-electron chi connectivity index (χ3n) is 3.40. The maximum absolute atomic E-state index is 11.8. The van der Waals surface area contributed by atoms with E-state index in [9.17, 15) is 4.79 Å². The Morgan fingerprint density at radius 1 is 1.40 bits per heavy atom. The lowest BCUT2D eigenvalue weighted by atomic mass is 9.84. The number of nitrogens with zero attached hydrogens (tertiary/aromatic N) is 1. The third kappa shape index (κ3) is 2.33. The van der Waals surface area contributed by atoms with Crippen molar-refractivity contribution in [2.75, 3.05) is 13.1 Å². The molecule has 0 aromatic heterocycles. The highest BCUT2D eigenvalue weighted by Gasteiger charge is 2.51. The van der Waals surface area contributed by atoms with E-state index in [4.69, 9.17) is 5.73 Å². The zero-order valence-electron chi connectivity index (χ0n) is 10.0. The van der Waals surface area contributed by atoms with E-state index in [-0.39, 0.29) is 16.9 Å². The smallest absolute Gasteiger partial charge is 0.223 e. The molecule has 0 radical (unpaired) electrons. The number of hydrogen-bond donors (Lipinski definition) is 1. The van der Waals surface area contributed by atoms with E-state index in [1.165, 1.54) is 12.8 Å². The average molecular weight is 210 g/mol. The maximum Gasteiger partial charge on any atom is 0.223 e. The summed E-state index contributed by atoms with van der Waals surface area (Å²) < 4.78 is 0. The molecule has 2 aliphatic rings. The van der Waals surface area contributed by atoms with Gasteiger partial charge in [0, 0.05) is 19.5 Å². The van der Waals surface area contributed by atoms with Crippen molar-refractivity contribution in [1.82, 2.24) is 4.90 Å². The highest BCUT2D eigenvalue weighted by Crippen LogP contribution is 2.43. The van der Waals surface area contributed by atoms with Gasteiger partial charge >= 0.3 is 0 Å². The van der Waals surface area contributed by atoms with Crippen LogP contribution in [0.2, 0.25) is 0 Å². The molecule has 0 unspecified atom stereocenters. The molecule has 86 valence electrons. The van der Waals surface area contributed by atoms with Gasteiger partial charge in [-0.3, -0.25) is 4.79 Å².